The SMILES string of the molecule is C=C(Cl)CC1CC(=O)CCC12CCCC2. The molecular weight excluding hydrogens is 208 g/mol. The van der Waals surface area contributed by atoms with Gasteiger partial charge in [0.1, 0.15) is 5.78 Å². The smallest absolute Gasteiger partial charge is 0.133 e. The average Bonchev–Trinajstić information content (AvgIpc) is 2.61. The fraction of sp³-hybridized carbons (Fsp3) is 0.769. The lowest BCUT2D eigenvalue weighted by atomic mass is 9.63. The van der Waals surface area contributed by atoms with E-state index in [1.54, 1.807) is 0 Å². The lowest BCUT2D eigenvalue weighted by molar-refractivity contribution is -0.125. The number of carbonyl (C=O) groups excluding carboxylic acids is 1. The van der Waals surface area contributed by atoms with Crippen LogP contribution in [0.4, 0.5) is 0 Å². The molecule has 0 bridgehead atoms. The van der Waals surface area contributed by atoms with Gasteiger partial charge in [-0.25, -0.2) is 0 Å². The zero-order valence-electron chi connectivity index (χ0n) is 9.23. The van der Waals surface area contributed by atoms with Crippen molar-refractivity contribution in [2.24, 2.45) is 11.3 Å². The Balaban J connectivity index is 2.12. The van der Waals surface area contributed by atoms with E-state index in [0.717, 1.165) is 30.7 Å². The van der Waals surface area contributed by atoms with Crippen LogP contribution >= 0.6 is 11.6 Å². The first-order valence-corrected chi connectivity index (χ1v) is 6.35. The topological polar surface area (TPSA) is 17.1 Å². The second kappa shape index (κ2) is 4.29. The van der Waals surface area contributed by atoms with Crippen molar-refractivity contribution in [3.63, 3.8) is 0 Å². The Morgan fingerprint density at radius 2 is 2.07 bits per heavy atom. The molecule has 1 unspecified atom stereocenters. The monoisotopic (exact) mass is 226 g/mol. The van der Waals surface area contributed by atoms with Crippen LogP contribution in [-0.4, -0.2) is 5.78 Å². The van der Waals surface area contributed by atoms with Crippen molar-refractivity contribution in [2.75, 3.05) is 0 Å². The molecule has 2 rings (SSSR count). The highest BCUT2D eigenvalue weighted by molar-refractivity contribution is 6.29. The number of rotatable bonds is 2. The van der Waals surface area contributed by atoms with Gasteiger partial charge in [-0.3, -0.25) is 4.79 Å². The summed E-state index contributed by atoms with van der Waals surface area (Å²) >= 11 is 5.91. The summed E-state index contributed by atoms with van der Waals surface area (Å²) in [5, 5.41) is 0.723. The van der Waals surface area contributed by atoms with Gasteiger partial charge in [-0.05, 0) is 37.0 Å². The maximum absolute atomic E-state index is 11.5. The third kappa shape index (κ3) is 2.28. The molecule has 15 heavy (non-hydrogen) atoms. The summed E-state index contributed by atoms with van der Waals surface area (Å²) in [5.74, 6) is 0.904. The zero-order valence-corrected chi connectivity index (χ0v) is 9.98. The molecule has 2 heteroatoms. The maximum Gasteiger partial charge on any atom is 0.133 e. The van der Waals surface area contributed by atoms with Gasteiger partial charge in [-0.1, -0.05) is 31.0 Å². The Bertz CT molecular complexity index is 274. The fourth-order valence-corrected chi connectivity index (χ4v) is 3.67. The van der Waals surface area contributed by atoms with E-state index in [4.69, 9.17) is 11.6 Å². The summed E-state index contributed by atoms with van der Waals surface area (Å²) in [4.78, 5) is 11.5. The molecule has 0 saturated heterocycles. The molecule has 2 aliphatic carbocycles. The van der Waals surface area contributed by atoms with E-state index in [1.807, 2.05) is 0 Å². The fourth-order valence-electron chi connectivity index (χ4n) is 3.48. The molecule has 2 aliphatic rings. The number of allylic oxidation sites excluding steroid dienone is 1. The minimum Gasteiger partial charge on any atom is -0.300 e. The van der Waals surface area contributed by atoms with Gasteiger partial charge in [0.2, 0.25) is 0 Å². The summed E-state index contributed by atoms with van der Waals surface area (Å²) in [6, 6.07) is 0. The van der Waals surface area contributed by atoms with E-state index in [0.29, 0.717) is 17.1 Å². The van der Waals surface area contributed by atoms with Gasteiger partial charge in [-0.15, -0.1) is 0 Å². The van der Waals surface area contributed by atoms with Crippen LogP contribution in [0.1, 0.15) is 51.4 Å². The molecule has 0 amide bonds. The molecule has 0 aromatic heterocycles. The van der Waals surface area contributed by atoms with Gasteiger partial charge in [0.25, 0.3) is 0 Å². The van der Waals surface area contributed by atoms with E-state index in [2.05, 4.69) is 6.58 Å². The summed E-state index contributed by atoms with van der Waals surface area (Å²) in [6.07, 6.45) is 8.74. The minimum absolute atomic E-state index is 0.426. The summed E-state index contributed by atoms with van der Waals surface area (Å²) in [6.45, 7) is 3.78. The number of hydrogen-bond donors (Lipinski definition) is 0. The Kier molecular flexibility index (Phi) is 3.20. The summed E-state index contributed by atoms with van der Waals surface area (Å²) in [7, 11) is 0. The largest absolute Gasteiger partial charge is 0.300 e. The molecule has 1 atom stereocenters. The molecule has 0 N–H and O–H groups in total. The van der Waals surface area contributed by atoms with Gasteiger partial charge in [0.05, 0.1) is 0 Å². The van der Waals surface area contributed by atoms with Crippen molar-refractivity contribution in [2.45, 2.75) is 51.4 Å². The maximum atomic E-state index is 11.5. The van der Waals surface area contributed by atoms with Crippen LogP contribution in [0.15, 0.2) is 11.6 Å². The molecule has 0 aliphatic heterocycles. The van der Waals surface area contributed by atoms with Gasteiger partial charge in [0, 0.05) is 17.9 Å². The van der Waals surface area contributed by atoms with Crippen LogP contribution in [0, 0.1) is 11.3 Å². The third-order valence-corrected chi connectivity index (χ3v) is 4.46. The van der Waals surface area contributed by atoms with E-state index >= 15 is 0 Å². The quantitative estimate of drug-likeness (QED) is 0.694. The average molecular weight is 227 g/mol. The standard InChI is InChI=1S/C13H19ClO/c1-10(14)8-11-9-12(15)4-7-13(11)5-2-3-6-13/h11H,1-9H2. The van der Waals surface area contributed by atoms with E-state index in [-0.39, 0.29) is 0 Å². The van der Waals surface area contributed by atoms with Gasteiger partial charge >= 0.3 is 0 Å². The first-order valence-electron chi connectivity index (χ1n) is 5.97. The van der Waals surface area contributed by atoms with Gasteiger partial charge in [-0.2, -0.15) is 0 Å². The predicted octanol–water partition coefficient (Wildman–Crippen LogP) is 4.06. The summed E-state index contributed by atoms with van der Waals surface area (Å²) < 4.78 is 0. The molecular formula is C13H19ClO. The number of Topliss-reactive ketones (excluding diaryl/α,β-unsaturated/α-hetero) is 1. The Morgan fingerprint density at radius 1 is 1.40 bits per heavy atom. The molecule has 84 valence electrons. The first-order chi connectivity index (χ1) is 7.12. The van der Waals surface area contributed by atoms with Gasteiger partial charge < -0.3 is 0 Å². The van der Waals surface area contributed by atoms with Gasteiger partial charge in [0.15, 0.2) is 0 Å². The highest BCUT2D eigenvalue weighted by atomic mass is 35.5. The molecule has 0 aromatic carbocycles. The predicted molar refractivity (Wildman–Crippen MR) is 62.9 cm³/mol. The second-order valence-corrected chi connectivity index (χ2v) is 5.77. The van der Waals surface area contributed by atoms with Crippen molar-refractivity contribution in [3.05, 3.63) is 11.6 Å². The van der Waals surface area contributed by atoms with Crippen LogP contribution in [-0.2, 0) is 4.79 Å². The highest BCUT2D eigenvalue weighted by Gasteiger charge is 2.44. The number of ketones is 1. The van der Waals surface area contributed by atoms with Crippen LogP contribution in [0.3, 0.4) is 0 Å². The molecule has 2 saturated carbocycles. The van der Waals surface area contributed by atoms with E-state index < -0.39 is 0 Å². The first kappa shape index (κ1) is 11.2. The number of hydrogen-bond acceptors (Lipinski definition) is 1. The van der Waals surface area contributed by atoms with Crippen molar-refractivity contribution < 1.29 is 4.79 Å². The lowest BCUT2D eigenvalue weighted by Gasteiger charge is -2.41. The highest BCUT2D eigenvalue weighted by Crippen LogP contribution is 2.53. The summed E-state index contributed by atoms with van der Waals surface area (Å²) in [5.41, 5.74) is 0.436. The Morgan fingerprint density at radius 3 is 2.67 bits per heavy atom. The molecule has 0 heterocycles. The van der Waals surface area contributed by atoms with Crippen molar-refractivity contribution in [1.82, 2.24) is 0 Å². The lowest BCUT2D eigenvalue weighted by Crippen LogP contribution is -2.34. The molecule has 1 nitrogen and oxygen atoms in total. The second-order valence-electron chi connectivity index (χ2n) is 5.23. The zero-order chi connectivity index (χ0) is 10.9. The van der Waals surface area contributed by atoms with E-state index in [1.165, 1.54) is 25.7 Å². The normalized spacial score (nSPS) is 29.7. The molecule has 0 aromatic rings. The van der Waals surface area contributed by atoms with Crippen LogP contribution in [0.2, 0.25) is 0 Å². The minimum atomic E-state index is 0.426. The number of halogens is 1. The van der Waals surface area contributed by atoms with Crippen LogP contribution in [0.5, 0.6) is 0 Å². The molecule has 2 fully saturated rings. The van der Waals surface area contributed by atoms with Crippen LogP contribution in [0.25, 0.3) is 0 Å². The van der Waals surface area contributed by atoms with Crippen LogP contribution < -0.4 is 0 Å². The number of carbonyl (C=O) groups is 1. The molecule has 1 spiro atoms. The Labute approximate surface area is 96.9 Å². The third-order valence-electron chi connectivity index (χ3n) is 4.31. The van der Waals surface area contributed by atoms with Crippen molar-refractivity contribution >= 4 is 17.4 Å². The van der Waals surface area contributed by atoms with Crippen molar-refractivity contribution in [1.29, 1.82) is 0 Å². The van der Waals surface area contributed by atoms with E-state index in [9.17, 15) is 4.79 Å². The molecule has 0 radical (unpaired) electrons. The van der Waals surface area contributed by atoms with Crippen molar-refractivity contribution in [3.8, 4) is 0 Å². The Hall–Kier alpha value is -0.300.